The summed E-state index contributed by atoms with van der Waals surface area (Å²) in [4.78, 5) is 0. The van der Waals surface area contributed by atoms with E-state index in [-0.39, 0.29) is 5.56 Å². The van der Waals surface area contributed by atoms with Crippen LogP contribution in [0.25, 0.3) is 11.1 Å². The van der Waals surface area contributed by atoms with Crippen molar-refractivity contribution in [3.63, 3.8) is 0 Å². The average molecular weight is 411 g/mol. The molecule has 154 valence electrons. The predicted octanol–water partition coefficient (Wildman–Crippen LogP) is 6.62. The fourth-order valence-electron chi connectivity index (χ4n) is 3.10. The van der Waals surface area contributed by atoms with Gasteiger partial charge in [0.1, 0.15) is 29.0 Å². The summed E-state index contributed by atoms with van der Waals surface area (Å²) in [5, 5.41) is 0. The minimum atomic E-state index is -0.835. The Morgan fingerprint density at radius 1 is 0.733 bits per heavy atom. The van der Waals surface area contributed by atoms with Crippen molar-refractivity contribution in [2.45, 2.75) is 32.6 Å². The maximum atomic E-state index is 14.3. The minimum Gasteiger partial charge on any atom is -0.394 e. The average Bonchev–Trinajstić information content (AvgIpc) is 2.72. The highest BCUT2D eigenvalue weighted by atomic mass is 19.1. The summed E-state index contributed by atoms with van der Waals surface area (Å²) in [5.74, 6) is 2.23. The molecule has 0 radical (unpaired) electrons. The quantitative estimate of drug-likeness (QED) is 0.217. The van der Waals surface area contributed by atoms with E-state index in [0.717, 1.165) is 31.4 Å². The molecule has 0 aromatic heterocycles. The summed E-state index contributed by atoms with van der Waals surface area (Å²) in [6, 6.07) is 11.4. The lowest BCUT2D eigenvalue weighted by Crippen LogP contribution is -1.96. The van der Waals surface area contributed by atoms with Gasteiger partial charge in [-0.1, -0.05) is 43.7 Å². The Kier molecular flexibility index (Phi) is 6.79. The number of nitrogens with two attached hydrogens (primary N) is 1. The van der Waals surface area contributed by atoms with E-state index in [9.17, 15) is 17.6 Å². The summed E-state index contributed by atoms with van der Waals surface area (Å²) < 4.78 is 55.9. The fraction of sp³-hybridized carbons (Fsp3) is 0.200. The number of hydrogen-bond donors (Lipinski definition) is 1. The van der Waals surface area contributed by atoms with E-state index in [4.69, 9.17) is 5.73 Å². The van der Waals surface area contributed by atoms with Gasteiger partial charge in [0.15, 0.2) is 0 Å². The van der Waals surface area contributed by atoms with Gasteiger partial charge in [-0.05, 0) is 65.9 Å². The van der Waals surface area contributed by atoms with Crippen molar-refractivity contribution in [2.75, 3.05) is 5.73 Å². The van der Waals surface area contributed by atoms with Crippen LogP contribution in [0.1, 0.15) is 42.9 Å². The van der Waals surface area contributed by atoms with E-state index in [2.05, 4.69) is 18.8 Å². The van der Waals surface area contributed by atoms with Crippen LogP contribution in [0.3, 0.4) is 0 Å². The normalized spacial score (nSPS) is 10.6. The van der Waals surface area contributed by atoms with Crippen LogP contribution < -0.4 is 5.73 Å². The smallest absolute Gasteiger partial charge is 0.149 e. The first-order chi connectivity index (χ1) is 14.4. The topological polar surface area (TPSA) is 26.0 Å². The standard InChI is InChI=1S/C25H21F4N/c1-2-3-4-5-17-12-21(26)20(22(27)13-17)11-8-16-6-9-18(10-7-16)19-14-23(28)25(30)24(29)15-19/h6-7,9-10,12-15H,2-5,30H2,1H3. The van der Waals surface area contributed by atoms with Gasteiger partial charge in [0.25, 0.3) is 0 Å². The summed E-state index contributed by atoms with van der Waals surface area (Å²) in [6.45, 7) is 2.07. The molecule has 0 spiro atoms. The SMILES string of the molecule is CCCCCc1cc(F)c(C#Cc2ccc(-c3cc(F)c(N)c(F)c3)cc2)c(F)c1. The van der Waals surface area contributed by atoms with Crippen LogP contribution in [0.2, 0.25) is 0 Å². The van der Waals surface area contributed by atoms with E-state index in [0.29, 0.717) is 28.7 Å². The van der Waals surface area contributed by atoms with Crippen LogP contribution in [-0.4, -0.2) is 0 Å². The fourth-order valence-corrected chi connectivity index (χ4v) is 3.10. The van der Waals surface area contributed by atoms with Crippen molar-refractivity contribution in [3.8, 4) is 23.0 Å². The molecule has 0 aliphatic carbocycles. The summed E-state index contributed by atoms with van der Waals surface area (Å²) in [6.07, 6.45) is 3.56. The molecule has 3 rings (SSSR count). The van der Waals surface area contributed by atoms with Gasteiger partial charge in [0.2, 0.25) is 0 Å². The van der Waals surface area contributed by atoms with Crippen LogP contribution in [0.15, 0.2) is 48.5 Å². The maximum absolute atomic E-state index is 14.3. The van der Waals surface area contributed by atoms with Gasteiger partial charge in [-0.3, -0.25) is 0 Å². The summed E-state index contributed by atoms with van der Waals surface area (Å²) >= 11 is 0. The predicted molar refractivity (Wildman–Crippen MR) is 112 cm³/mol. The molecule has 0 unspecified atom stereocenters. The van der Waals surface area contributed by atoms with E-state index in [1.165, 1.54) is 12.1 Å². The summed E-state index contributed by atoms with van der Waals surface area (Å²) in [7, 11) is 0. The second kappa shape index (κ2) is 9.49. The molecule has 0 bridgehead atoms. The van der Waals surface area contributed by atoms with Crippen LogP contribution in [0, 0.1) is 35.1 Å². The van der Waals surface area contributed by atoms with Crippen LogP contribution in [0.4, 0.5) is 23.2 Å². The van der Waals surface area contributed by atoms with Gasteiger partial charge in [-0.25, -0.2) is 17.6 Å². The Labute approximate surface area is 173 Å². The second-order valence-corrected chi connectivity index (χ2v) is 7.07. The zero-order valence-electron chi connectivity index (χ0n) is 16.5. The van der Waals surface area contributed by atoms with Gasteiger partial charge in [0, 0.05) is 5.56 Å². The Morgan fingerprint density at radius 3 is 1.90 bits per heavy atom. The van der Waals surface area contributed by atoms with Crippen molar-refractivity contribution in [2.24, 2.45) is 0 Å². The molecule has 0 fully saturated rings. The van der Waals surface area contributed by atoms with Gasteiger partial charge in [-0.2, -0.15) is 0 Å². The molecule has 0 atom stereocenters. The number of halogens is 4. The molecule has 0 saturated carbocycles. The van der Waals surface area contributed by atoms with Crippen LogP contribution in [0.5, 0.6) is 0 Å². The maximum Gasteiger partial charge on any atom is 0.149 e. The second-order valence-electron chi connectivity index (χ2n) is 7.07. The number of hydrogen-bond acceptors (Lipinski definition) is 1. The monoisotopic (exact) mass is 411 g/mol. The molecule has 3 aromatic rings. The molecule has 0 aliphatic heterocycles. The molecule has 2 N–H and O–H groups in total. The van der Waals surface area contributed by atoms with Crippen molar-refractivity contribution in [1.82, 2.24) is 0 Å². The number of unbranched alkanes of at least 4 members (excludes halogenated alkanes) is 2. The first kappa shape index (κ1) is 21.4. The number of benzene rings is 3. The van der Waals surface area contributed by atoms with Crippen molar-refractivity contribution >= 4 is 5.69 Å². The lowest BCUT2D eigenvalue weighted by atomic mass is 10.0. The minimum absolute atomic E-state index is 0.277. The molecule has 5 heteroatoms. The molecular weight excluding hydrogens is 390 g/mol. The Hall–Kier alpha value is -3.26. The van der Waals surface area contributed by atoms with Gasteiger partial charge >= 0.3 is 0 Å². The highest BCUT2D eigenvalue weighted by Gasteiger charge is 2.10. The third-order valence-corrected chi connectivity index (χ3v) is 4.80. The molecule has 3 aromatic carbocycles. The highest BCUT2D eigenvalue weighted by Crippen LogP contribution is 2.26. The van der Waals surface area contributed by atoms with Crippen LogP contribution in [-0.2, 0) is 6.42 Å². The molecule has 0 amide bonds. The molecular formula is C25H21F4N. The van der Waals surface area contributed by atoms with Crippen molar-refractivity contribution in [3.05, 3.63) is 88.5 Å². The number of rotatable bonds is 5. The number of aryl methyl sites for hydroxylation is 1. The molecule has 1 nitrogen and oxygen atoms in total. The third kappa shape index (κ3) is 5.01. The van der Waals surface area contributed by atoms with Gasteiger partial charge < -0.3 is 5.73 Å². The van der Waals surface area contributed by atoms with E-state index >= 15 is 0 Å². The largest absolute Gasteiger partial charge is 0.394 e. The zero-order chi connectivity index (χ0) is 21.7. The molecule has 30 heavy (non-hydrogen) atoms. The first-order valence-electron chi connectivity index (χ1n) is 9.74. The van der Waals surface area contributed by atoms with Crippen molar-refractivity contribution in [1.29, 1.82) is 0 Å². The van der Waals surface area contributed by atoms with E-state index in [1.54, 1.807) is 24.3 Å². The molecule has 0 saturated heterocycles. The number of anilines is 1. The third-order valence-electron chi connectivity index (χ3n) is 4.80. The Morgan fingerprint density at radius 2 is 1.33 bits per heavy atom. The van der Waals surface area contributed by atoms with Crippen molar-refractivity contribution < 1.29 is 17.6 Å². The molecule has 0 aliphatic rings. The zero-order valence-corrected chi connectivity index (χ0v) is 16.5. The van der Waals surface area contributed by atoms with Gasteiger partial charge in [-0.15, -0.1) is 0 Å². The molecule has 0 heterocycles. The Bertz CT molecular complexity index is 1060. The first-order valence-corrected chi connectivity index (χ1v) is 9.74. The van der Waals surface area contributed by atoms with E-state index < -0.39 is 29.0 Å². The highest BCUT2D eigenvalue weighted by molar-refractivity contribution is 5.67. The Balaban J connectivity index is 1.80. The number of nitrogen functional groups attached to an aromatic ring is 1. The lowest BCUT2D eigenvalue weighted by Gasteiger charge is -2.05. The lowest BCUT2D eigenvalue weighted by molar-refractivity contribution is 0.572. The van der Waals surface area contributed by atoms with Gasteiger partial charge in [0.05, 0.1) is 5.56 Å². The van der Waals surface area contributed by atoms with Crippen LogP contribution >= 0.6 is 0 Å². The summed E-state index contributed by atoms with van der Waals surface area (Å²) in [5.41, 5.74) is 6.51. The van der Waals surface area contributed by atoms with E-state index in [1.807, 2.05) is 0 Å².